The molecule has 0 aliphatic carbocycles. The molecule has 0 spiro atoms. The van der Waals surface area contributed by atoms with Crippen LogP contribution in [0, 0.1) is 0 Å². The number of alkyl carbamates (subject to hydrolysis) is 1. The average molecular weight is 631 g/mol. The fraction of sp³-hybridized carbons (Fsp3) is 0.382. The topological polar surface area (TPSA) is 144 Å². The molecule has 4 rings (SSSR count). The summed E-state index contributed by atoms with van der Waals surface area (Å²) in [6.07, 6.45) is 6.18. The van der Waals surface area contributed by atoms with Crippen LogP contribution in [0.3, 0.4) is 0 Å². The number of imidazole rings is 1. The van der Waals surface area contributed by atoms with Crippen molar-refractivity contribution in [3.8, 4) is 0 Å². The van der Waals surface area contributed by atoms with E-state index >= 15 is 0 Å². The van der Waals surface area contributed by atoms with Crippen molar-refractivity contribution < 1.29 is 28.7 Å². The van der Waals surface area contributed by atoms with Gasteiger partial charge in [0.2, 0.25) is 5.91 Å². The van der Waals surface area contributed by atoms with Gasteiger partial charge >= 0.3 is 6.09 Å². The van der Waals surface area contributed by atoms with Crippen LogP contribution in [0.2, 0.25) is 0 Å². The van der Waals surface area contributed by atoms with Crippen molar-refractivity contribution >= 4 is 29.6 Å². The number of aromatic nitrogens is 2. The van der Waals surface area contributed by atoms with E-state index in [1.165, 1.54) is 20.2 Å². The zero-order valence-corrected chi connectivity index (χ0v) is 26.9. The zero-order chi connectivity index (χ0) is 33.3. The van der Waals surface area contributed by atoms with Gasteiger partial charge in [-0.2, -0.15) is 0 Å². The number of hydrogen-bond acceptors (Lipinski definition) is 7. The van der Waals surface area contributed by atoms with E-state index < -0.39 is 41.1 Å². The van der Waals surface area contributed by atoms with Gasteiger partial charge in [-0.05, 0) is 45.7 Å². The first-order chi connectivity index (χ1) is 21.8. The van der Waals surface area contributed by atoms with E-state index in [-0.39, 0.29) is 24.9 Å². The minimum Gasteiger partial charge on any atom is -0.444 e. The number of anilines is 1. The Bertz CT molecular complexity index is 1520. The van der Waals surface area contributed by atoms with Crippen molar-refractivity contribution in [3.05, 3.63) is 96.5 Å². The van der Waals surface area contributed by atoms with E-state index in [1.807, 2.05) is 72.8 Å². The number of hydrogen-bond donors (Lipinski definition) is 3. The van der Waals surface area contributed by atoms with Crippen LogP contribution in [-0.2, 0) is 30.5 Å². The van der Waals surface area contributed by atoms with Gasteiger partial charge in [-0.25, -0.2) is 9.78 Å². The van der Waals surface area contributed by atoms with Gasteiger partial charge in [0.1, 0.15) is 23.2 Å². The molecule has 2 atom stereocenters. The van der Waals surface area contributed by atoms with Crippen molar-refractivity contribution in [1.82, 2.24) is 25.1 Å². The number of nitrogens with zero attached hydrogens (tertiary/aromatic N) is 3. The van der Waals surface area contributed by atoms with Crippen molar-refractivity contribution in [2.45, 2.75) is 64.4 Å². The van der Waals surface area contributed by atoms with Crippen LogP contribution in [-0.4, -0.2) is 75.1 Å². The highest BCUT2D eigenvalue weighted by atomic mass is 16.6. The molecule has 12 heteroatoms. The third-order valence-corrected chi connectivity index (χ3v) is 7.03. The quantitative estimate of drug-likeness (QED) is 0.258. The highest BCUT2D eigenvalue weighted by Gasteiger charge is 2.35. The molecule has 4 amide bonds. The number of rotatable bonds is 12. The number of ether oxygens (including phenoxy) is 2. The molecule has 12 nitrogen and oxygen atoms in total. The maximum atomic E-state index is 13.6. The monoisotopic (exact) mass is 630 g/mol. The Morgan fingerprint density at radius 2 is 1.54 bits per heavy atom. The fourth-order valence-electron chi connectivity index (χ4n) is 4.67. The van der Waals surface area contributed by atoms with Gasteiger partial charge < -0.3 is 34.9 Å². The summed E-state index contributed by atoms with van der Waals surface area (Å²) < 4.78 is 12.8. The van der Waals surface area contributed by atoms with Crippen molar-refractivity contribution in [1.29, 1.82) is 0 Å². The Hall–Kier alpha value is -4.97. The molecule has 0 fully saturated rings. The lowest BCUT2D eigenvalue weighted by Crippen LogP contribution is -2.59. The normalized spacial score (nSPS) is 14.3. The second-order valence-corrected chi connectivity index (χ2v) is 12.5. The minimum atomic E-state index is -1.42. The molecule has 2 aromatic carbocycles. The standard InChI is InChI=1S/C34H42N6O6/c1-33(2,3)46-32(44)38-34(4,5)31(43)36-26(22-45-21-24-14-8-6-9-15-24)29(41)37-27-20-40(23-35-27)28(25-16-10-7-11-17-25)30(42)39-18-12-13-19-39/h6-17,20,23,26,28H,18-19,21-22H2,1-5H3,(H,36,43)(H,37,41)(H,38,44). The smallest absolute Gasteiger partial charge is 0.408 e. The maximum absolute atomic E-state index is 13.6. The minimum absolute atomic E-state index is 0.106. The lowest BCUT2D eigenvalue weighted by Gasteiger charge is -2.29. The summed E-state index contributed by atoms with van der Waals surface area (Å²) >= 11 is 0. The zero-order valence-electron chi connectivity index (χ0n) is 26.9. The number of amides is 4. The molecule has 2 unspecified atom stereocenters. The van der Waals surface area contributed by atoms with Crippen LogP contribution >= 0.6 is 0 Å². The Morgan fingerprint density at radius 1 is 0.913 bits per heavy atom. The Labute approximate surface area is 269 Å². The highest BCUT2D eigenvalue weighted by molar-refractivity contribution is 5.98. The molecule has 3 aromatic rings. The first-order valence-corrected chi connectivity index (χ1v) is 15.1. The van der Waals surface area contributed by atoms with Crippen LogP contribution in [0.4, 0.5) is 10.6 Å². The molecule has 1 aromatic heterocycles. The largest absolute Gasteiger partial charge is 0.444 e. The molecule has 244 valence electrons. The highest BCUT2D eigenvalue weighted by Crippen LogP contribution is 2.23. The van der Waals surface area contributed by atoms with Gasteiger partial charge in [0.25, 0.3) is 11.8 Å². The second-order valence-electron chi connectivity index (χ2n) is 12.5. The Balaban J connectivity index is 1.50. The molecular formula is C34H42N6O6. The number of carbonyl (C=O) groups excluding carboxylic acids is 4. The summed E-state index contributed by atoms with van der Waals surface area (Å²) in [6, 6.07) is 16.9. The molecule has 0 bridgehead atoms. The van der Waals surface area contributed by atoms with Gasteiger partial charge in [0.15, 0.2) is 5.82 Å². The lowest BCUT2D eigenvalue weighted by atomic mass is 10.0. The summed E-state index contributed by atoms with van der Waals surface area (Å²) in [6.45, 7) is 9.24. The average Bonchev–Trinajstić information content (AvgIpc) is 3.69. The summed E-state index contributed by atoms with van der Waals surface area (Å²) in [5.41, 5.74) is -0.518. The van der Waals surface area contributed by atoms with E-state index in [4.69, 9.17) is 9.47 Å². The van der Waals surface area contributed by atoms with Crippen molar-refractivity contribution in [3.63, 3.8) is 0 Å². The second kappa shape index (κ2) is 14.9. The third kappa shape index (κ3) is 9.51. The van der Waals surface area contributed by atoms with E-state index in [9.17, 15) is 19.2 Å². The van der Waals surface area contributed by atoms with Crippen LogP contribution in [0.5, 0.6) is 0 Å². The van der Waals surface area contributed by atoms with Crippen molar-refractivity contribution in [2.24, 2.45) is 0 Å². The molecule has 1 aliphatic rings. The first-order valence-electron chi connectivity index (χ1n) is 15.1. The Kier molecular flexibility index (Phi) is 11.0. The van der Waals surface area contributed by atoms with Gasteiger partial charge in [0, 0.05) is 19.3 Å². The van der Waals surface area contributed by atoms with Crippen molar-refractivity contribution in [2.75, 3.05) is 25.0 Å². The molecule has 46 heavy (non-hydrogen) atoms. The first kappa shape index (κ1) is 33.9. The summed E-state index contributed by atoms with van der Waals surface area (Å²) in [5, 5.41) is 7.99. The SMILES string of the molecule is CC(C)(C)OC(=O)NC(C)(C)C(=O)NC(COCc1ccccc1)C(=O)Nc1cn(C(C(=O)N2CC=CC2)c2ccccc2)cn1. The molecule has 0 saturated carbocycles. The van der Waals surface area contributed by atoms with Crippen LogP contribution in [0.25, 0.3) is 0 Å². The Morgan fingerprint density at radius 3 is 2.17 bits per heavy atom. The van der Waals surface area contributed by atoms with E-state index in [2.05, 4.69) is 20.9 Å². The molecule has 0 saturated heterocycles. The van der Waals surface area contributed by atoms with Gasteiger partial charge in [-0.1, -0.05) is 72.8 Å². The van der Waals surface area contributed by atoms with Crippen LogP contribution < -0.4 is 16.0 Å². The van der Waals surface area contributed by atoms with Gasteiger partial charge in [-0.3, -0.25) is 14.4 Å². The molecule has 0 radical (unpaired) electrons. The third-order valence-electron chi connectivity index (χ3n) is 7.03. The van der Waals surface area contributed by atoms with Gasteiger partial charge in [-0.15, -0.1) is 0 Å². The molecule has 3 N–H and O–H groups in total. The molecule has 1 aliphatic heterocycles. The van der Waals surface area contributed by atoms with E-state index in [0.29, 0.717) is 13.1 Å². The van der Waals surface area contributed by atoms with E-state index in [0.717, 1.165) is 11.1 Å². The van der Waals surface area contributed by atoms with E-state index in [1.54, 1.807) is 36.4 Å². The lowest BCUT2D eigenvalue weighted by molar-refractivity contribution is -0.132. The van der Waals surface area contributed by atoms with Gasteiger partial charge in [0.05, 0.1) is 19.5 Å². The number of nitrogens with one attached hydrogen (secondary N) is 3. The predicted molar refractivity (Wildman–Crippen MR) is 173 cm³/mol. The van der Waals surface area contributed by atoms with Crippen LogP contribution in [0.15, 0.2) is 85.3 Å². The number of carbonyl (C=O) groups is 4. The van der Waals surface area contributed by atoms with Crippen LogP contribution in [0.1, 0.15) is 51.8 Å². The number of benzene rings is 2. The summed E-state index contributed by atoms with van der Waals surface area (Å²) in [4.78, 5) is 58.9. The maximum Gasteiger partial charge on any atom is 0.408 e. The summed E-state index contributed by atoms with van der Waals surface area (Å²) in [7, 11) is 0. The molecule has 2 heterocycles. The molecular weight excluding hydrogens is 588 g/mol. The predicted octanol–water partition coefficient (Wildman–Crippen LogP) is 3.81. The fourth-order valence-corrected chi connectivity index (χ4v) is 4.67. The summed E-state index contributed by atoms with van der Waals surface area (Å²) in [5.74, 6) is -1.13.